The molecule has 0 bridgehead atoms. The van der Waals surface area contributed by atoms with E-state index in [0.29, 0.717) is 23.2 Å². The van der Waals surface area contributed by atoms with Gasteiger partial charge in [-0.05, 0) is 18.9 Å². The van der Waals surface area contributed by atoms with Crippen molar-refractivity contribution in [3.8, 4) is 11.3 Å². The highest BCUT2D eigenvalue weighted by Gasteiger charge is 2.30. The van der Waals surface area contributed by atoms with E-state index in [0.717, 1.165) is 47.2 Å². The molecule has 1 aromatic heterocycles. The summed E-state index contributed by atoms with van der Waals surface area (Å²) in [5, 5.41) is 7.31. The molecular weight excluding hydrogens is 532 g/mol. The number of amides is 1. The van der Waals surface area contributed by atoms with E-state index in [1.54, 1.807) is 6.33 Å². The molecule has 0 saturated heterocycles. The number of hydrogen-bond acceptors (Lipinski definition) is 5. The van der Waals surface area contributed by atoms with Crippen molar-refractivity contribution < 1.29 is 9.59 Å². The second-order valence-electron chi connectivity index (χ2n) is 12.2. The fraction of sp³-hybridized carbons (Fsp3) is 0.568. The second-order valence-corrected chi connectivity index (χ2v) is 12.2. The molecule has 1 amide bonds. The van der Waals surface area contributed by atoms with Crippen LogP contribution in [0.25, 0.3) is 22.2 Å². The SMILES string of the molecule is CCCCCCCCCCCCCCCCCCNc1cc(NC(=O)CCC)c2c3c(ncnc13)-c1ccccc1C2=O. The highest BCUT2D eigenvalue weighted by Crippen LogP contribution is 2.43. The van der Waals surface area contributed by atoms with E-state index in [2.05, 4.69) is 27.5 Å². The molecule has 3 aromatic rings. The minimum Gasteiger partial charge on any atom is -0.383 e. The first-order valence-electron chi connectivity index (χ1n) is 17.1. The predicted octanol–water partition coefficient (Wildman–Crippen LogP) is 10.3. The van der Waals surface area contributed by atoms with Crippen LogP contribution in [-0.4, -0.2) is 28.2 Å². The highest BCUT2D eigenvalue weighted by molar-refractivity contribution is 6.29. The van der Waals surface area contributed by atoms with Gasteiger partial charge < -0.3 is 10.6 Å². The Bertz CT molecular complexity index is 1340. The van der Waals surface area contributed by atoms with Gasteiger partial charge in [-0.15, -0.1) is 0 Å². The smallest absolute Gasteiger partial charge is 0.224 e. The normalized spacial score (nSPS) is 12.0. The Labute approximate surface area is 258 Å². The minimum atomic E-state index is -0.0981. The molecule has 1 aliphatic rings. The molecule has 0 unspecified atom stereocenters. The van der Waals surface area contributed by atoms with Gasteiger partial charge in [0.2, 0.25) is 5.91 Å². The van der Waals surface area contributed by atoms with Gasteiger partial charge in [0, 0.05) is 29.5 Å². The first kappa shape index (κ1) is 32.6. The van der Waals surface area contributed by atoms with E-state index >= 15 is 0 Å². The summed E-state index contributed by atoms with van der Waals surface area (Å²) in [6, 6.07) is 9.44. The Hall–Kier alpha value is -3.28. The number of hydrogen-bond donors (Lipinski definition) is 2. The van der Waals surface area contributed by atoms with Crippen LogP contribution in [0.15, 0.2) is 36.7 Å². The van der Waals surface area contributed by atoms with Crippen LogP contribution in [-0.2, 0) is 4.79 Å². The fourth-order valence-electron chi connectivity index (χ4n) is 6.28. The number of nitrogens with one attached hydrogen (secondary N) is 2. The molecule has 0 saturated carbocycles. The zero-order chi connectivity index (χ0) is 30.3. The van der Waals surface area contributed by atoms with Gasteiger partial charge in [0.15, 0.2) is 5.78 Å². The standard InChI is InChI=1S/C37H52N4O2/c1-3-5-6-7-8-9-10-11-12-13-14-15-16-17-18-21-25-38-31-26-30(41-32(42)22-4-2)33-34-35(39-27-40-36(31)34)28-23-19-20-24-29(28)37(33)43/h19-20,23-24,26-27,38H,3-18,21-22,25H2,1-2H3,(H,41,42). The van der Waals surface area contributed by atoms with Gasteiger partial charge >= 0.3 is 0 Å². The number of rotatable bonds is 21. The van der Waals surface area contributed by atoms with Crippen LogP contribution in [0.1, 0.15) is 145 Å². The molecule has 2 aromatic carbocycles. The van der Waals surface area contributed by atoms with Crippen molar-refractivity contribution in [3.05, 3.63) is 47.8 Å². The summed E-state index contributed by atoms with van der Waals surface area (Å²) in [6.45, 7) is 5.07. The molecule has 6 heteroatoms. The van der Waals surface area contributed by atoms with Crippen LogP contribution in [0.5, 0.6) is 0 Å². The number of carbonyl (C=O) groups is 2. The Balaban J connectivity index is 1.25. The third-order valence-corrected chi connectivity index (χ3v) is 8.66. The number of carbonyl (C=O) groups excluding carboxylic acids is 2. The van der Waals surface area contributed by atoms with Crippen LogP contribution in [0, 0.1) is 0 Å². The van der Waals surface area contributed by atoms with Gasteiger partial charge in [0.25, 0.3) is 0 Å². The molecule has 1 aliphatic carbocycles. The Morgan fingerprint density at radius 1 is 0.698 bits per heavy atom. The van der Waals surface area contributed by atoms with E-state index < -0.39 is 0 Å². The number of benzene rings is 2. The predicted molar refractivity (Wildman–Crippen MR) is 180 cm³/mol. The molecule has 0 radical (unpaired) electrons. The van der Waals surface area contributed by atoms with Crippen molar-refractivity contribution in [2.75, 3.05) is 17.2 Å². The Kier molecular flexibility index (Phi) is 13.5. The van der Waals surface area contributed by atoms with Gasteiger partial charge in [-0.1, -0.05) is 134 Å². The number of nitrogens with zero attached hydrogens (tertiary/aromatic N) is 2. The lowest BCUT2D eigenvalue weighted by atomic mass is 9.85. The lowest BCUT2D eigenvalue weighted by Gasteiger charge is -2.23. The molecule has 2 N–H and O–H groups in total. The van der Waals surface area contributed by atoms with Crippen molar-refractivity contribution in [3.63, 3.8) is 0 Å². The lowest BCUT2D eigenvalue weighted by Crippen LogP contribution is -2.19. The molecule has 0 atom stereocenters. The summed E-state index contributed by atoms with van der Waals surface area (Å²) in [7, 11) is 0. The zero-order valence-electron chi connectivity index (χ0n) is 26.6. The van der Waals surface area contributed by atoms with E-state index in [4.69, 9.17) is 0 Å². The second kappa shape index (κ2) is 17.7. The quantitative estimate of drug-likeness (QED) is 0.0952. The van der Waals surface area contributed by atoms with Crippen molar-refractivity contribution in [2.24, 2.45) is 0 Å². The van der Waals surface area contributed by atoms with E-state index in [1.165, 1.54) is 96.3 Å². The fourth-order valence-corrected chi connectivity index (χ4v) is 6.28. The molecule has 0 fully saturated rings. The first-order valence-corrected chi connectivity index (χ1v) is 17.1. The number of anilines is 2. The summed E-state index contributed by atoms with van der Waals surface area (Å²) in [6.07, 6.45) is 24.3. The molecule has 43 heavy (non-hydrogen) atoms. The summed E-state index contributed by atoms with van der Waals surface area (Å²) in [4.78, 5) is 35.5. The van der Waals surface area contributed by atoms with Gasteiger partial charge in [-0.3, -0.25) is 9.59 Å². The molecule has 0 aliphatic heterocycles. The number of ketones is 1. The summed E-state index contributed by atoms with van der Waals surface area (Å²) in [5.74, 6) is -0.189. The third-order valence-electron chi connectivity index (χ3n) is 8.66. The van der Waals surface area contributed by atoms with Gasteiger partial charge in [-0.2, -0.15) is 0 Å². The molecular formula is C37H52N4O2. The van der Waals surface area contributed by atoms with Gasteiger partial charge in [-0.25, -0.2) is 9.97 Å². The van der Waals surface area contributed by atoms with Crippen LogP contribution in [0.4, 0.5) is 11.4 Å². The number of fused-ring (bicyclic) bond motifs is 2. The lowest BCUT2D eigenvalue weighted by molar-refractivity contribution is -0.116. The zero-order valence-corrected chi connectivity index (χ0v) is 26.6. The monoisotopic (exact) mass is 584 g/mol. The van der Waals surface area contributed by atoms with Crippen LogP contribution in [0.2, 0.25) is 0 Å². The van der Waals surface area contributed by atoms with Crippen molar-refractivity contribution in [2.45, 2.75) is 129 Å². The van der Waals surface area contributed by atoms with E-state index in [-0.39, 0.29) is 11.7 Å². The van der Waals surface area contributed by atoms with Crippen molar-refractivity contribution in [1.82, 2.24) is 9.97 Å². The van der Waals surface area contributed by atoms with Crippen LogP contribution >= 0.6 is 0 Å². The maximum atomic E-state index is 13.7. The Morgan fingerprint density at radius 3 is 1.88 bits per heavy atom. The van der Waals surface area contributed by atoms with Gasteiger partial charge in [0.1, 0.15) is 6.33 Å². The summed E-state index contributed by atoms with van der Waals surface area (Å²) in [5.41, 5.74) is 4.75. The molecule has 232 valence electrons. The topological polar surface area (TPSA) is 84.0 Å². The van der Waals surface area contributed by atoms with E-state index in [9.17, 15) is 9.59 Å². The highest BCUT2D eigenvalue weighted by atomic mass is 16.1. The van der Waals surface area contributed by atoms with Crippen molar-refractivity contribution >= 4 is 34.0 Å². The van der Waals surface area contributed by atoms with Crippen molar-refractivity contribution in [1.29, 1.82) is 0 Å². The molecule has 1 heterocycles. The number of aromatic nitrogens is 2. The Morgan fingerprint density at radius 2 is 1.28 bits per heavy atom. The molecule has 4 rings (SSSR count). The summed E-state index contributed by atoms with van der Waals surface area (Å²) >= 11 is 0. The van der Waals surface area contributed by atoms with E-state index in [1.807, 2.05) is 37.3 Å². The molecule has 0 spiro atoms. The van der Waals surface area contributed by atoms with Crippen LogP contribution in [0.3, 0.4) is 0 Å². The first-order chi connectivity index (χ1) is 21.2. The van der Waals surface area contributed by atoms with Crippen LogP contribution < -0.4 is 10.6 Å². The maximum absolute atomic E-state index is 13.7. The number of unbranched alkanes of at least 4 members (excludes halogenated alkanes) is 15. The van der Waals surface area contributed by atoms with Gasteiger partial charge in [0.05, 0.1) is 28.1 Å². The third kappa shape index (κ3) is 9.11. The minimum absolute atomic E-state index is 0.0908. The summed E-state index contributed by atoms with van der Waals surface area (Å²) < 4.78 is 0. The largest absolute Gasteiger partial charge is 0.383 e. The molecule has 6 nitrogen and oxygen atoms in total. The maximum Gasteiger partial charge on any atom is 0.224 e. The average Bonchev–Trinajstić information content (AvgIpc) is 3.02. The average molecular weight is 585 g/mol.